The zero-order valence-electron chi connectivity index (χ0n) is 9.15. The maximum atomic E-state index is 5.65. The Morgan fingerprint density at radius 3 is 2.71 bits per heavy atom. The monoisotopic (exact) mass is 359 g/mol. The van der Waals surface area contributed by atoms with Crippen LogP contribution in [-0.4, -0.2) is 10.1 Å². The van der Waals surface area contributed by atoms with Crippen LogP contribution in [-0.2, 0) is 6.42 Å². The number of nitrogens with two attached hydrogens (primary N) is 1. The highest BCUT2D eigenvalue weighted by atomic mass is 79.9. The highest BCUT2D eigenvalue weighted by Crippen LogP contribution is 2.24. The van der Waals surface area contributed by atoms with Crippen LogP contribution >= 0.6 is 31.9 Å². The van der Waals surface area contributed by atoms with E-state index in [2.05, 4.69) is 42.0 Å². The fourth-order valence-electron chi connectivity index (χ4n) is 1.36. The van der Waals surface area contributed by atoms with Gasteiger partial charge in [0.25, 0.3) is 0 Å². The molecule has 0 bridgehead atoms. The van der Waals surface area contributed by atoms with Gasteiger partial charge in [0.2, 0.25) is 5.89 Å². The molecule has 2 aromatic rings. The standard InChI is InChI=1S/C11H11Br2N3O/c1-6(14)11-15-10(16-17-11)5-7-2-3-8(12)9(13)4-7/h2-4,6H,5,14H2,1H3/t6-/m0/s1. The van der Waals surface area contributed by atoms with E-state index in [1.807, 2.05) is 25.1 Å². The molecule has 4 nitrogen and oxygen atoms in total. The number of hydrogen-bond acceptors (Lipinski definition) is 4. The van der Waals surface area contributed by atoms with Crippen molar-refractivity contribution in [1.29, 1.82) is 0 Å². The molecule has 0 aliphatic rings. The molecule has 1 aromatic carbocycles. The van der Waals surface area contributed by atoms with Crippen molar-refractivity contribution in [2.45, 2.75) is 19.4 Å². The summed E-state index contributed by atoms with van der Waals surface area (Å²) in [6, 6.07) is 5.78. The summed E-state index contributed by atoms with van der Waals surface area (Å²) in [5.41, 5.74) is 6.76. The molecule has 17 heavy (non-hydrogen) atoms. The van der Waals surface area contributed by atoms with Crippen LogP contribution in [0.3, 0.4) is 0 Å². The lowest BCUT2D eigenvalue weighted by Crippen LogP contribution is -2.05. The van der Waals surface area contributed by atoms with E-state index in [0.717, 1.165) is 14.5 Å². The summed E-state index contributed by atoms with van der Waals surface area (Å²) in [5, 5.41) is 3.89. The number of halogens is 2. The van der Waals surface area contributed by atoms with Crippen molar-refractivity contribution in [3.63, 3.8) is 0 Å². The summed E-state index contributed by atoms with van der Waals surface area (Å²) < 4.78 is 7.07. The van der Waals surface area contributed by atoms with E-state index in [1.165, 1.54) is 0 Å². The Labute approximate surface area is 116 Å². The van der Waals surface area contributed by atoms with Gasteiger partial charge in [-0.05, 0) is 56.5 Å². The molecule has 6 heteroatoms. The van der Waals surface area contributed by atoms with Gasteiger partial charge in [0.05, 0.1) is 6.04 Å². The summed E-state index contributed by atoms with van der Waals surface area (Å²) in [7, 11) is 0. The third-order valence-corrected chi connectivity index (χ3v) is 4.10. The fraction of sp³-hybridized carbons (Fsp3) is 0.273. The smallest absolute Gasteiger partial charge is 0.243 e. The van der Waals surface area contributed by atoms with Crippen molar-refractivity contribution in [2.24, 2.45) is 5.73 Å². The molecule has 0 amide bonds. The predicted molar refractivity (Wildman–Crippen MR) is 71.5 cm³/mol. The first kappa shape index (κ1) is 12.7. The van der Waals surface area contributed by atoms with E-state index in [9.17, 15) is 0 Å². The Kier molecular flexibility index (Phi) is 3.96. The molecule has 2 rings (SSSR count). The Morgan fingerprint density at radius 2 is 2.12 bits per heavy atom. The summed E-state index contributed by atoms with van der Waals surface area (Å²) in [5.74, 6) is 1.11. The third kappa shape index (κ3) is 3.14. The van der Waals surface area contributed by atoms with Crippen LogP contribution in [0.5, 0.6) is 0 Å². The second kappa shape index (κ2) is 5.29. The van der Waals surface area contributed by atoms with Gasteiger partial charge < -0.3 is 10.3 Å². The van der Waals surface area contributed by atoms with Gasteiger partial charge in [-0.3, -0.25) is 0 Å². The minimum absolute atomic E-state index is 0.229. The second-order valence-corrected chi connectivity index (χ2v) is 5.47. The summed E-state index contributed by atoms with van der Waals surface area (Å²) in [6.07, 6.45) is 0.627. The molecule has 2 N–H and O–H groups in total. The van der Waals surface area contributed by atoms with Gasteiger partial charge in [-0.15, -0.1) is 0 Å². The molecule has 0 fully saturated rings. The third-order valence-electron chi connectivity index (χ3n) is 2.22. The summed E-state index contributed by atoms with van der Waals surface area (Å²) in [4.78, 5) is 4.23. The van der Waals surface area contributed by atoms with Gasteiger partial charge >= 0.3 is 0 Å². The van der Waals surface area contributed by atoms with E-state index in [-0.39, 0.29) is 6.04 Å². The first-order valence-electron chi connectivity index (χ1n) is 5.08. The lowest BCUT2D eigenvalue weighted by Gasteiger charge is -2.00. The predicted octanol–water partition coefficient (Wildman–Crippen LogP) is 3.21. The molecule has 0 unspecified atom stereocenters. The number of rotatable bonds is 3. The Balaban J connectivity index is 2.16. The van der Waals surface area contributed by atoms with Gasteiger partial charge in [-0.1, -0.05) is 11.2 Å². The molecule has 0 saturated carbocycles. The zero-order chi connectivity index (χ0) is 12.4. The van der Waals surface area contributed by atoms with E-state index in [1.54, 1.807) is 0 Å². The Hall–Kier alpha value is -0.720. The number of hydrogen-bond donors (Lipinski definition) is 1. The van der Waals surface area contributed by atoms with Crippen molar-refractivity contribution in [3.05, 3.63) is 44.4 Å². The average Bonchev–Trinajstić information content (AvgIpc) is 2.72. The minimum atomic E-state index is -0.229. The van der Waals surface area contributed by atoms with Crippen molar-refractivity contribution in [3.8, 4) is 0 Å². The second-order valence-electron chi connectivity index (χ2n) is 3.76. The fourth-order valence-corrected chi connectivity index (χ4v) is 2.03. The minimum Gasteiger partial charge on any atom is -0.338 e. The first-order chi connectivity index (χ1) is 8.06. The van der Waals surface area contributed by atoms with Crippen molar-refractivity contribution in [2.75, 3.05) is 0 Å². The zero-order valence-corrected chi connectivity index (χ0v) is 12.3. The van der Waals surface area contributed by atoms with E-state index in [0.29, 0.717) is 18.1 Å². The van der Waals surface area contributed by atoms with E-state index >= 15 is 0 Å². The van der Waals surface area contributed by atoms with Gasteiger partial charge in [0.1, 0.15) is 0 Å². The van der Waals surface area contributed by atoms with Gasteiger partial charge in [0, 0.05) is 15.4 Å². The van der Waals surface area contributed by atoms with Crippen LogP contribution in [0.25, 0.3) is 0 Å². The van der Waals surface area contributed by atoms with Crippen molar-refractivity contribution >= 4 is 31.9 Å². The molecule has 0 spiro atoms. The first-order valence-corrected chi connectivity index (χ1v) is 6.67. The van der Waals surface area contributed by atoms with Gasteiger partial charge in [-0.2, -0.15) is 4.98 Å². The average molecular weight is 361 g/mol. The number of benzene rings is 1. The SMILES string of the molecule is C[C@H](N)c1nc(Cc2ccc(Br)c(Br)c2)no1. The van der Waals surface area contributed by atoms with E-state index < -0.39 is 0 Å². The summed E-state index contributed by atoms with van der Waals surface area (Å²) >= 11 is 6.88. The lowest BCUT2D eigenvalue weighted by atomic mass is 10.1. The Morgan fingerprint density at radius 1 is 1.35 bits per heavy atom. The molecule has 0 aliphatic heterocycles. The number of nitrogens with zero attached hydrogens (tertiary/aromatic N) is 2. The van der Waals surface area contributed by atoms with Crippen LogP contribution in [0, 0.1) is 0 Å². The van der Waals surface area contributed by atoms with Crippen LogP contribution in [0.1, 0.15) is 30.2 Å². The van der Waals surface area contributed by atoms with Crippen LogP contribution < -0.4 is 5.73 Å². The quantitative estimate of drug-likeness (QED) is 0.912. The van der Waals surface area contributed by atoms with Crippen LogP contribution in [0.15, 0.2) is 31.7 Å². The maximum Gasteiger partial charge on any atom is 0.243 e. The topological polar surface area (TPSA) is 64.9 Å². The van der Waals surface area contributed by atoms with Crippen LogP contribution in [0.4, 0.5) is 0 Å². The van der Waals surface area contributed by atoms with E-state index in [4.69, 9.17) is 10.3 Å². The molecule has 1 atom stereocenters. The van der Waals surface area contributed by atoms with Gasteiger partial charge in [0.15, 0.2) is 5.82 Å². The normalized spacial score (nSPS) is 12.7. The molecular weight excluding hydrogens is 350 g/mol. The van der Waals surface area contributed by atoms with Crippen molar-refractivity contribution < 1.29 is 4.52 Å². The molecule has 1 heterocycles. The highest BCUT2D eigenvalue weighted by molar-refractivity contribution is 9.13. The van der Waals surface area contributed by atoms with Crippen molar-refractivity contribution in [1.82, 2.24) is 10.1 Å². The summed E-state index contributed by atoms with van der Waals surface area (Å²) in [6.45, 7) is 1.81. The molecule has 0 radical (unpaired) electrons. The highest BCUT2D eigenvalue weighted by Gasteiger charge is 2.10. The number of aromatic nitrogens is 2. The maximum absolute atomic E-state index is 5.65. The Bertz CT molecular complexity index is 525. The molecule has 90 valence electrons. The molecule has 1 aromatic heterocycles. The van der Waals surface area contributed by atoms with Crippen LogP contribution in [0.2, 0.25) is 0 Å². The molecule has 0 aliphatic carbocycles. The molecule has 0 saturated heterocycles. The lowest BCUT2D eigenvalue weighted by molar-refractivity contribution is 0.358. The van der Waals surface area contributed by atoms with Gasteiger partial charge in [-0.25, -0.2) is 0 Å². The molecular formula is C11H11Br2N3O. The largest absolute Gasteiger partial charge is 0.338 e.